The fourth-order valence-corrected chi connectivity index (χ4v) is 2.85. The Hall–Kier alpha value is -1.28. The largest absolute Gasteiger partial charge is 0.463 e. The molecule has 3 unspecified atom stereocenters. The zero-order valence-corrected chi connectivity index (χ0v) is 16.3. The molecule has 0 saturated heterocycles. The summed E-state index contributed by atoms with van der Waals surface area (Å²) in [5.74, 6) is 0.193. The molecule has 0 spiro atoms. The van der Waals surface area contributed by atoms with Crippen LogP contribution in [0, 0.1) is 11.8 Å². The fraction of sp³-hybridized carbons (Fsp3) is 0.824. The highest BCUT2D eigenvalue weighted by molar-refractivity contribution is 7.99. The van der Waals surface area contributed by atoms with Gasteiger partial charge in [0, 0.05) is 17.4 Å². The summed E-state index contributed by atoms with van der Waals surface area (Å²) in [7, 11) is 0. The second-order valence-electron chi connectivity index (χ2n) is 6.34. The molecule has 8 heteroatoms. The first-order chi connectivity index (χ1) is 11.8. The average molecular weight is 377 g/mol. The van der Waals surface area contributed by atoms with E-state index in [0.29, 0.717) is 23.8 Å². The number of rotatable bonds is 14. The van der Waals surface area contributed by atoms with E-state index in [1.165, 1.54) is 11.8 Å². The molecule has 4 N–H and O–H groups in total. The number of carbonyl (C=O) groups excluding carboxylic acids is 3. The molecule has 0 rings (SSSR count). The SMILES string of the molecule is CCC(C)CCC(O)COC(=O)CCSCC(C)C(=O)NCC(N)=O. The molecular formula is C17H32N2O5S. The van der Waals surface area contributed by atoms with E-state index in [2.05, 4.69) is 19.2 Å². The second-order valence-corrected chi connectivity index (χ2v) is 7.49. The molecule has 25 heavy (non-hydrogen) atoms. The van der Waals surface area contributed by atoms with Crippen LogP contribution in [0.5, 0.6) is 0 Å². The number of carbonyl (C=O) groups is 3. The van der Waals surface area contributed by atoms with Crippen molar-refractivity contribution in [1.82, 2.24) is 5.32 Å². The van der Waals surface area contributed by atoms with Gasteiger partial charge in [0.25, 0.3) is 0 Å². The van der Waals surface area contributed by atoms with E-state index in [1.807, 2.05) is 0 Å². The Balaban J connectivity index is 3.72. The third kappa shape index (κ3) is 13.7. The maximum atomic E-state index is 11.6. The Labute approximate surface area is 154 Å². The van der Waals surface area contributed by atoms with Gasteiger partial charge in [0.05, 0.1) is 19.1 Å². The van der Waals surface area contributed by atoms with E-state index in [0.717, 1.165) is 12.8 Å². The molecule has 0 heterocycles. The van der Waals surface area contributed by atoms with Crippen LogP contribution in [-0.2, 0) is 19.1 Å². The Morgan fingerprint density at radius 2 is 1.92 bits per heavy atom. The molecule has 0 aromatic rings. The van der Waals surface area contributed by atoms with Crippen LogP contribution in [-0.4, -0.2) is 53.7 Å². The summed E-state index contributed by atoms with van der Waals surface area (Å²) in [5.41, 5.74) is 4.96. The number of thioether (sulfide) groups is 1. The van der Waals surface area contributed by atoms with Gasteiger partial charge in [-0.25, -0.2) is 0 Å². The summed E-state index contributed by atoms with van der Waals surface area (Å²) in [6.45, 7) is 5.85. The predicted octanol–water partition coefficient (Wildman–Crippen LogP) is 1.08. The van der Waals surface area contributed by atoms with Crippen LogP contribution in [0.1, 0.15) is 46.5 Å². The summed E-state index contributed by atoms with van der Waals surface area (Å²) >= 11 is 1.46. The number of aliphatic hydroxyl groups is 1. The van der Waals surface area contributed by atoms with Crippen molar-refractivity contribution >= 4 is 29.5 Å². The van der Waals surface area contributed by atoms with Gasteiger partial charge in [0.15, 0.2) is 0 Å². The van der Waals surface area contributed by atoms with Crippen molar-refractivity contribution in [2.45, 2.75) is 52.6 Å². The van der Waals surface area contributed by atoms with Gasteiger partial charge in [-0.15, -0.1) is 0 Å². The van der Waals surface area contributed by atoms with Gasteiger partial charge < -0.3 is 20.9 Å². The molecule has 0 bridgehead atoms. The molecule has 0 aliphatic rings. The van der Waals surface area contributed by atoms with Crippen LogP contribution < -0.4 is 11.1 Å². The van der Waals surface area contributed by atoms with Gasteiger partial charge in [-0.2, -0.15) is 11.8 Å². The number of esters is 1. The zero-order chi connectivity index (χ0) is 19.2. The minimum Gasteiger partial charge on any atom is -0.463 e. The smallest absolute Gasteiger partial charge is 0.306 e. The third-order valence-electron chi connectivity index (χ3n) is 3.83. The van der Waals surface area contributed by atoms with E-state index in [-0.39, 0.29) is 37.4 Å². The van der Waals surface area contributed by atoms with Gasteiger partial charge in [0.1, 0.15) is 6.61 Å². The Kier molecular flexibility index (Phi) is 13.2. The van der Waals surface area contributed by atoms with Crippen molar-refractivity contribution in [2.24, 2.45) is 17.6 Å². The van der Waals surface area contributed by atoms with E-state index < -0.39 is 12.0 Å². The van der Waals surface area contributed by atoms with Crippen molar-refractivity contribution in [3.63, 3.8) is 0 Å². The molecule has 0 radical (unpaired) electrons. The number of ether oxygens (including phenoxy) is 1. The summed E-state index contributed by atoms with van der Waals surface area (Å²) < 4.78 is 5.06. The van der Waals surface area contributed by atoms with Crippen LogP contribution >= 0.6 is 11.8 Å². The first-order valence-electron chi connectivity index (χ1n) is 8.73. The number of amides is 2. The first-order valence-corrected chi connectivity index (χ1v) is 9.89. The monoisotopic (exact) mass is 376 g/mol. The molecular weight excluding hydrogens is 344 g/mol. The lowest BCUT2D eigenvalue weighted by Gasteiger charge is -2.14. The number of nitrogens with one attached hydrogen (secondary N) is 1. The number of primary amides is 1. The Morgan fingerprint density at radius 3 is 2.52 bits per heavy atom. The minimum atomic E-state index is -0.612. The number of hydrogen-bond donors (Lipinski definition) is 3. The van der Waals surface area contributed by atoms with Gasteiger partial charge in [-0.05, 0) is 18.8 Å². The molecule has 0 aromatic carbocycles. The molecule has 0 aliphatic heterocycles. The lowest BCUT2D eigenvalue weighted by Crippen LogP contribution is -2.37. The zero-order valence-electron chi connectivity index (χ0n) is 15.5. The quantitative estimate of drug-likeness (QED) is 0.308. The van der Waals surface area contributed by atoms with E-state index in [4.69, 9.17) is 10.5 Å². The highest BCUT2D eigenvalue weighted by atomic mass is 32.2. The second kappa shape index (κ2) is 13.9. The van der Waals surface area contributed by atoms with Crippen LogP contribution in [0.4, 0.5) is 0 Å². The molecule has 7 nitrogen and oxygen atoms in total. The molecule has 3 atom stereocenters. The lowest BCUT2D eigenvalue weighted by atomic mass is 10.0. The van der Waals surface area contributed by atoms with Crippen LogP contribution in [0.15, 0.2) is 0 Å². The standard InChI is InChI=1S/C17H32N2O5S/c1-4-12(2)5-6-14(20)10-24-16(22)7-8-25-11-13(3)17(23)19-9-15(18)21/h12-14,20H,4-11H2,1-3H3,(H2,18,21)(H,19,23). The van der Waals surface area contributed by atoms with Gasteiger partial charge >= 0.3 is 5.97 Å². The maximum Gasteiger partial charge on any atom is 0.306 e. The Bertz CT molecular complexity index is 420. The highest BCUT2D eigenvalue weighted by Crippen LogP contribution is 2.12. The topological polar surface area (TPSA) is 119 Å². The maximum absolute atomic E-state index is 11.6. The Morgan fingerprint density at radius 1 is 1.24 bits per heavy atom. The van der Waals surface area contributed by atoms with E-state index >= 15 is 0 Å². The summed E-state index contributed by atoms with van der Waals surface area (Å²) in [6, 6.07) is 0. The van der Waals surface area contributed by atoms with E-state index in [1.54, 1.807) is 6.92 Å². The molecule has 0 saturated carbocycles. The predicted molar refractivity (Wildman–Crippen MR) is 99.0 cm³/mol. The molecule has 146 valence electrons. The summed E-state index contributed by atoms with van der Waals surface area (Å²) in [6.07, 6.45) is 2.25. The van der Waals surface area contributed by atoms with Crippen molar-refractivity contribution in [3.8, 4) is 0 Å². The van der Waals surface area contributed by atoms with Crippen LogP contribution in [0.3, 0.4) is 0 Å². The molecule has 2 amide bonds. The molecule has 0 aliphatic carbocycles. The van der Waals surface area contributed by atoms with E-state index in [9.17, 15) is 19.5 Å². The van der Waals surface area contributed by atoms with Crippen molar-refractivity contribution < 1.29 is 24.2 Å². The minimum absolute atomic E-state index is 0.0336. The first kappa shape index (κ1) is 23.7. The van der Waals surface area contributed by atoms with Crippen LogP contribution in [0.2, 0.25) is 0 Å². The molecule has 0 fully saturated rings. The van der Waals surface area contributed by atoms with Crippen LogP contribution in [0.25, 0.3) is 0 Å². The van der Waals surface area contributed by atoms with Crippen molar-refractivity contribution in [1.29, 1.82) is 0 Å². The van der Waals surface area contributed by atoms with Crippen molar-refractivity contribution in [2.75, 3.05) is 24.7 Å². The summed E-state index contributed by atoms with van der Waals surface area (Å²) in [4.78, 5) is 33.8. The number of nitrogens with two attached hydrogens (primary N) is 1. The normalized spacial score (nSPS) is 14.4. The lowest BCUT2D eigenvalue weighted by molar-refractivity contribution is -0.146. The number of hydrogen-bond acceptors (Lipinski definition) is 6. The van der Waals surface area contributed by atoms with Gasteiger partial charge in [0.2, 0.25) is 11.8 Å². The highest BCUT2D eigenvalue weighted by Gasteiger charge is 2.14. The average Bonchev–Trinajstić information content (AvgIpc) is 2.58. The van der Waals surface area contributed by atoms with Crippen molar-refractivity contribution in [3.05, 3.63) is 0 Å². The third-order valence-corrected chi connectivity index (χ3v) is 5.06. The molecule has 0 aromatic heterocycles. The van der Waals surface area contributed by atoms with Gasteiger partial charge in [-0.3, -0.25) is 14.4 Å². The fourth-order valence-electron chi connectivity index (χ4n) is 1.87. The van der Waals surface area contributed by atoms with Gasteiger partial charge in [-0.1, -0.05) is 27.2 Å². The number of aliphatic hydroxyl groups excluding tert-OH is 1. The summed E-state index contributed by atoms with van der Waals surface area (Å²) in [5, 5.41) is 12.2.